The van der Waals surface area contributed by atoms with Crippen molar-refractivity contribution in [1.29, 1.82) is 0 Å². The zero-order valence-corrected chi connectivity index (χ0v) is 11.5. The van der Waals surface area contributed by atoms with Crippen LogP contribution in [0.5, 0.6) is 0 Å². The zero-order valence-electron chi connectivity index (χ0n) is 10.0. The SMILES string of the molecule is Cn1cc[n+](C)c1.Cn1cc[n+](C)c1.[Cl-].[Cl-]. The predicted octanol–water partition coefficient (Wildman–Crippen LogP) is -6.29. The second-order valence-corrected chi connectivity index (χ2v) is 3.49. The fourth-order valence-corrected chi connectivity index (χ4v) is 1.15. The number of hydrogen-bond donors (Lipinski definition) is 0. The topological polar surface area (TPSA) is 17.6 Å². The maximum absolute atomic E-state index is 2.00. The molecule has 0 spiro atoms. The van der Waals surface area contributed by atoms with Crippen molar-refractivity contribution >= 4 is 0 Å². The van der Waals surface area contributed by atoms with E-state index in [1.54, 1.807) is 0 Å². The van der Waals surface area contributed by atoms with Crippen molar-refractivity contribution in [2.45, 2.75) is 0 Å². The van der Waals surface area contributed by atoms with Crippen molar-refractivity contribution in [3.8, 4) is 0 Å². The van der Waals surface area contributed by atoms with Crippen LogP contribution in [0.1, 0.15) is 0 Å². The van der Waals surface area contributed by atoms with Crippen LogP contribution in [0, 0.1) is 0 Å². The van der Waals surface area contributed by atoms with E-state index in [0.29, 0.717) is 0 Å². The van der Waals surface area contributed by atoms with Crippen LogP contribution in [0.15, 0.2) is 37.4 Å². The Balaban J connectivity index is 0. The fourth-order valence-electron chi connectivity index (χ4n) is 1.15. The molecule has 0 N–H and O–H groups in total. The molecule has 2 rings (SSSR count). The quantitative estimate of drug-likeness (QED) is 0.422. The van der Waals surface area contributed by atoms with Crippen LogP contribution in [-0.2, 0) is 28.2 Å². The molecule has 0 saturated carbocycles. The number of rotatable bonds is 0. The van der Waals surface area contributed by atoms with Gasteiger partial charge in [0.2, 0.25) is 12.7 Å². The maximum atomic E-state index is 2.00. The van der Waals surface area contributed by atoms with Crippen molar-refractivity contribution in [2.75, 3.05) is 0 Å². The molecule has 0 aliphatic heterocycles. The molecule has 0 atom stereocenters. The van der Waals surface area contributed by atoms with E-state index in [0.717, 1.165) is 0 Å². The van der Waals surface area contributed by atoms with Gasteiger partial charge in [-0.25, -0.2) is 18.3 Å². The second-order valence-electron chi connectivity index (χ2n) is 3.49. The highest BCUT2D eigenvalue weighted by molar-refractivity contribution is 4.61. The first-order valence-electron chi connectivity index (χ1n) is 4.52. The van der Waals surface area contributed by atoms with Gasteiger partial charge < -0.3 is 24.8 Å². The maximum Gasteiger partial charge on any atom is 0.243 e. The summed E-state index contributed by atoms with van der Waals surface area (Å²) in [4.78, 5) is 0. The van der Waals surface area contributed by atoms with Gasteiger partial charge in [-0.2, -0.15) is 0 Å². The molecule has 0 amide bonds. The molecule has 2 heterocycles. The number of aromatic nitrogens is 4. The van der Waals surface area contributed by atoms with E-state index >= 15 is 0 Å². The molecular weight excluding hydrogens is 247 g/mol. The number of aryl methyl sites for hydroxylation is 4. The van der Waals surface area contributed by atoms with Crippen LogP contribution in [-0.4, -0.2) is 9.13 Å². The molecule has 0 radical (unpaired) electrons. The predicted molar refractivity (Wildman–Crippen MR) is 53.2 cm³/mol. The van der Waals surface area contributed by atoms with Gasteiger partial charge in [0, 0.05) is 0 Å². The lowest BCUT2D eigenvalue weighted by Gasteiger charge is -1.72. The fraction of sp³-hybridized carbons (Fsp3) is 0.400. The van der Waals surface area contributed by atoms with Gasteiger partial charge >= 0.3 is 0 Å². The smallest absolute Gasteiger partial charge is 0.243 e. The van der Waals surface area contributed by atoms with Gasteiger partial charge in [0.05, 0.1) is 28.2 Å². The minimum atomic E-state index is 0. The van der Waals surface area contributed by atoms with E-state index in [4.69, 9.17) is 0 Å². The van der Waals surface area contributed by atoms with Crippen LogP contribution in [0.25, 0.3) is 0 Å². The highest BCUT2D eigenvalue weighted by Gasteiger charge is 1.88. The van der Waals surface area contributed by atoms with Gasteiger partial charge in [0.15, 0.2) is 0 Å². The molecule has 16 heavy (non-hydrogen) atoms. The Hall–Kier alpha value is -1.00. The van der Waals surface area contributed by atoms with Crippen LogP contribution in [0.4, 0.5) is 0 Å². The summed E-state index contributed by atoms with van der Waals surface area (Å²) in [5.74, 6) is 0. The Morgan fingerprint density at radius 3 is 1.12 bits per heavy atom. The van der Waals surface area contributed by atoms with Gasteiger partial charge in [0.1, 0.15) is 24.8 Å². The number of hydrogen-bond acceptors (Lipinski definition) is 0. The summed E-state index contributed by atoms with van der Waals surface area (Å²) in [5.41, 5.74) is 0. The average molecular weight is 265 g/mol. The van der Waals surface area contributed by atoms with Crippen molar-refractivity contribution in [3.05, 3.63) is 37.4 Å². The Labute approximate surface area is 109 Å². The molecular formula is C10H18Cl2N4. The average Bonchev–Trinajstić information content (AvgIpc) is 2.63. The lowest BCUT2D eigenvalue weighted by Crippen LogP contribution is -3.00. The van der Waals surface area contributed by atoms with Gasteiger partial charge in [-0.3, -0.25) is 0 Å². The lowest BCUT2D eigenvalue weighted by molar-refractivity contribution is -0.671. The third kappa shape index (κ3) is 6.48. The van der Waals surface area contributed by atoms with Gasteiger partial charge in [-0.15, -0.1) is 0 Å². The summed E-state index contributed by atoms with van der Waals surface area (Å²) in [6.45, 7) is 0. The number of imidazole rings is 2. The summed E-state index contributed by atoms with van der Waals surface area (Å²) in [6, 6.07) is 0. The molecule has 0 fully saturated rings. The van der Waals surface area contributed by atoms with Crippen LogP contribution < -0.4 is 33.9 Å². The Bertz CT molecular complexity index is 324. The number of nitrogens with zero attached hydrogens (tertiary/aromatic N) is 4. The van der Waals surface area contributed by atoms with Crippen molar-refractivity contribution < 1.29 is 33.9 Å². The largest absolute Gasteiger partial charge is 1.00 e. The zero-order chi connectivity index (χ0) is 10.6. The first kappa shape index (κ1) is 17.4. The van der Waals surface area contributed by atoms with Gasteiger partial charge in [-0.1, -0.05) is 0 Å². The van der Waals surface area contributed by atoms with Crippen molar-refractivity contribution in [2.24, 2.45) is 28.2 Å². The molecule has 0 aliphatic carbocycles. The first-order valence-corrected chi connectivity index (χ1v) is 4.52. The van der Waals surface area contributed by atoms with Crippen LogP contribution in [0.2, 0.25) is 0 Å². The van der Waals surface area contributed by atoms with E-state index in [-0.39, 0.29) is 24.8 Å². The molecule has 0 saturated heterocycles. The first-order chi connectivity index (χ1) is 6.58. The van der Waals surface area contributed by atoms with Gasteiger partial charge in [-0.05, 0) is 0 Å². The molecule has 0 aliphatic rings. The highest BCUT2D eigenvalue weighted by atomic mass is 35.5. The monoisotopic (exact) mass is 264 g/mol. The van der Waals surface area contributed by atoms with E-state index < -0.39 is 0 Å². The molecule has 0 unspecified atom stereocenters. The molecule has 4 nitrogen and oxygen atoms in total. The molecule has 6 heteroatoms. The van der Waals surface area contributed by atoms with E-state index in [1.807, 2.05) is 83.9 Å². The molecule has 0 bridgehead atoms. The Morgan fingerprint density at radius 1 is 0.750 bits per heavy atom. The van der Waals surface area contributed by atoms with E-state index in [9.17, 15) is 0 Å². The summed E-state index contributed by atoms with van der Waals surface area (Å²) in [6.07, 6.45) is 12.0. The summed E-state index contributed by atoms with van der Waals surface area (Å²) in [5, 5.41) is 0. The van der Waals surface area contributed by atoms with Crippen LogP contribution >= 0.6 is 0 Å². The van der Waals surface area contributed by atoms with Gasteiger partial charge in [0.25, 0.3) is 0 Å². The Morgan fingerprint density at radius 2 is 1.06 bits per heavy atom. The summed E-state index contributed by atoms with van der Waals surface area (Å²) in [7, 11) is 8.00. The van der Waals surface area contributed by atoms with Crippen LogP contribution in [0.3, 0.4) is 0 Å². The molecule has 2 aromatic rings. The van der Waals surface area contributed by atoms with Crippen molar-refractivity contribution in [1.82, 2.24) is 9.13 Å². The minimum absolute atomic E-state index is 0. The molecule has 92 valence electrons. The summed E-state index contributed by atoms with van der Waals surface area (Å²) < 4.78 is 8.00. The molecule has 2 aromatic heterocycles. The standard InChI is InChI=1S/2C5H9N2.2ClH/c2*1-6-3-4-7(2)5-6;;/h2*3-5H,1-2H3;2*1H/q2*+1;;/p-2. The Kier molecular flexibility index (Phi) is 8.90. The summed E-state index contributed by atoms with van der Waals surface area (Å²) >= 11 is 0. The highest BCUT2D eigenvalue weighted by Crippen LogP contribution is 1.71. The van der Waals surface area contributed by atoms with E-state index in [1.165, 1.54) is 0 Å². The third-order valence-corrected chi connectivity index (χ3v) is 1.80. The minimum Gasteiger partial charge on any atom is -1.00 e. The normalized spacial score (nSPS) is 8.25. The number of halogens is 2. The lowest BCUT2D eigenvalue weighted by atomic mass is 10.9. The second kappa shape index (κ2) is 8.19. The van der Waals surface area contributed by atoms with E-state index in [2.05, 4.69) is 0 Å². The molecule has 0 aromatic carbocycles. The third-order valence-electron chi connectivity index (χ3n) is 1.80. The van der Waals surface area contributed by atoms with Crippen molar-refractivity contribution in [3.63, 3.8) is 0 Å².